The third-order valence-corrected chi connectivity index (χ3v) is 4.34. The number of nitrogens with zero attached hydrogens (tertiary/aromatic N) is 1. The van der Waals surface area contributed by atoms with Crippen molar-refractivity contribution in [3.8, 4) is 0 Å². The molecule has 140 valence electrons. The Labute approximate surface area is 145 Å². The molecule has 0 saturated carbocycles. The van der Waals surface area contributed by atoms with Gasteiger partial charge in [0.25, 0.3) is 6.43 Å². The lowest BCUT2D eigenvalue weighted by Gasteiger charge is -2.35. The maximum Gasteiger partial charge on any atom is 0.414 e. The van der Waals surface area contributed by atoms with Gasteiger partial charge in [0.15, 0.2) is 6.10 Å². The number of nitrogens with one attached hydrogen (secondary N) is 1. The van der Waals surface area contributed by atoms with Gasteiger partial charge in [0.1, 0.15) is 0 Å². The summed E-state index contributed by atoms with van der Waals surface area (Å²) in [6.45, 7) is -0.0995. The molecular weight excluding hydrogens is 371 g/mol. The Hall–Kier alpha value is -1.61. The predicted octanol–water partition coefficient (Wildman–Crippen LogP) is 4.44. The van der Waals surface area contributed by atoms with Crippen molar-refractivity contribution >= 4 is 23.3 Å². The van der Waals surface area contributed by atoms with Crippen molar-refractivity contribution in [3.63, 3.8) is 0 Å². The first-order chi connectivity index (χ1) is 11.6. The van der Waals surface area contributed by atoms with Gasteiger partial charge in [-0.2, -0.15) is 13.2 Å². The summed E-state index contributed by atoms with van der Waals surface area (Å²) < 4.78 is 63.3. The van der Waals surface area contributed by atoms with Crippen molar-refractivity contribution in [2.45, 2.75) is 31.5 Å². The highest BCUT2D eigenvalue weighted by Gasteiger charge is 2.45. The number of hydrogen-bond donors (Lipinski definition) is 2. The van der Waals surface area contributed by atoms with Crippen LogP contribution >= 0.6 is 11.6 Å². The molecule has 1 fully saturated rings. The van der Waals surface area contributed by atoms with Gasteiger partial charge in [0.05, 0.1) is 10.7 Å². The second kappa shape index (κ2) is 7.74. The zero-order chi connectivity index (χ0) is 18.8. The molecule has 1 heterocycles. The number of rotatable bonds is 3. The van der Waals surface area contributed by atoms with Crippen LogP contribution in [-0.4, -0.2) is 41.4 Å². The molecule has 1 aliphatic rings. The third-order valence-electron chi connectivity index (χ3n) is 4.01. The molecule has 2 amide bonds. The Kier molecular flexibility index (Phi) is 6.10. The molecule has 1 saturated heterocycles. The molecule has 0 bridgehead atoms. The quantitative estimate of drug-likeness (QED) is 0.754. The summed E-state index contributed by atoms with van der Waals surface area (Å²) in [5.74, 6) is -1.14. The lowest BCUT2D eigenvalue weighted by Crippen LogP contribution is -2.48. The second-order valence-electron chi connectivity index (χ2n) is 5.80. The fraction of sp³-hybridized carbons (Fsp3) is 0.533. The molecule has 0 aromatic heterocycles. The fourth-order valence-corrected chi connectivity index (χ4v) is 2.85. The molecule has 0 aliphatic carbocycles. The third kappa shape index (κ3) is 4.94. The highest BCUT2D eigenvalue weighted by Crippen LogP contribution is 2.32. The summed E-state index contributed by atoms with van der Waals surface area (Å²) >= 11 is 5.86. The van der Waals surface area contributed by atoms with E-state index in [1.807, 2.05) is 0 Å². The van der Waals surface area contributed by atoms with E-state index >= 15 is 0 Å². The number of aliphatic hydroxyl groups is 1. The van der Waals surface area contributed by atoms with Crippen LogP contribution in [0.25, 0.3) is 0 Å². The molecule has 25 heavy (non-hydrogen) atoms. The van der Waals surface area contributed by atoms with Crippen LogP contribution in [0.3, 0.4) is 0 Å². The highest BCUT2D eigenvalue weighted by atomic mass is 35.5. The minimum atomic E-state index is -4.76. The number of likely N-dealkylation sites (tertiary alicyclic amines) is 1. The number of aliphatic hydroxyl groups excluding tert-OH is 1. The molecule has 10 heteroatoms. The van der Waals surface area contributed by atoms with Crippen molar-refractivity contribution in [2.75, 3.05) is 18.4 Å². The number of urea groups is 1. The molecule has 0 radical (unpaired) electrons. The number of hydrogen-bond acceptors (Lipinski definition) is 2. The molecule has 2 N–H and O–H groups in total. The van der Waals surface area contributed by atoms with Gasteiger partial charge < -0.3 is 15.3 Å². The maximum atomic E-state index is 12.7. The van der Waals surface area contributed by atoms with Gasteiger partial charge in [0, 0.05) is 24.6 Å². The lowest BCUT2D eigenvalue weighted by atomic mass is 9.92. The van der Waals surface area contributed by atoms with Crippen LogP contribution in [0.2, 0.25) is 5.02 Å². The van der Waals surface area contributed by atoms with E-state index in [0.29, 0.717) is 0 Å². The van der Waals surface area contributed by atoms with Crippen molar-refractivity contribution in [1.82, 2.24) is 4.90 Å². The van der Waals surface area contributed by atoms with E-state index in [2.05, 4.69) is 5.32 Å². The van der Waals surface area contributed by atoms with E-state index in [1.165, 1.54) is 6.07 Å². The average molecular weight is 387 g/mol. The van der Waals surface area contributed by atoms with Crippen LogP contribution in [-0.2, 0) is 0 Å². The number of carbonyl (C=O) groups excluding carboxylic acids is 1. The topological polar surface area (TPSA) is 52.6 Å². The maximum absolute atomic E-state index is 12.7. The number of piperidine rings is 1. The summed E-state index contributed by atoms with van der Waals surface area (Å²) in [6, 6.07) is 2.56. The molecule has 4 nitrogen and oxygen atoms in total. The van der Waals surface area contributed by atoms with E-state index in [-0.39, 0.29) is 42.2 Å². The van der Waals surface area contributed by atoms with Crippen LogP contribution in [0.5, 0.6) is 0 Å². The molecule has 2 unspecified atom stereocenters. The van der Waals surface area contributed by atoms with E-state index < -0.39 is 30.7 Å². The van der Waals surface area contributed by atoms with Crippen LogP contribution in [0.15, 0.2) is 18.2 Å². The molecule has 1 aliphatic heterocycles. The van der Waals surface area contributed by atoms with Crippen molar-refractivity contribution in [1.29, 1.82) is 0 Å². The number of alkyl halides is 5. The van der Waals surface area contributed by atoms with E-state index in [0.717, 1.165) is 17.0 Å². The number of anilines is 1. The fourth-order valence-electron chi connectivity index (χ4n) is 2.69. The molecule has 0 spiro atoms. The van der Waals surface area contributed by atoms with Gasteiger partial charge in [-0.15, -0.1) is 0 Å². The lowest BCUT2D eigenvalue weighted by molar-refractivity contribution is -0.222. The molecule has 2 rings (SSSR count). The first-order valence-corrected chi connectivity index (χ1v) is 7.85. The first kappa shape index (κ1) is 19.7. The largest absolute Gasteiger partial charge is 0.414 e. The number of halogens is 6. The van der Waals surface area contributed by atoms with Gasteiger partial charge in [-0.25, -0.2) is 13.6 Å². The van der Waals surface area contributed by atoms with Gasteiger partial charge >= 0.3 is 12.2 Å². The summed E-state index contributed by atoms with van der Waals surface area (Å²) in [7, 11) is 0. The summed E-state index contributed by atoms with van der Waals surface area (Å²) in [4.78, 5) is 13.3. The van der Waals surface area contributed by atoms with Gasteiger partial charge in [-0.05, 0) is 25.0 Å². The smallest absolute Gasteiger partial charge is 0.383 e. The zero-order valence-corrected chi connectivity index (χ0v) is 13.6. The highest BCUT2D eigenvalue weighted by molar-refractivity contribution is 6.33. The van der Waals surface area contributed by atoms with E-state index in [9.17, 15) is 31.9 Å². The Bertz CT molecular complexity index is 626. The number of carbonyl (C=O) groups is 1. The summed E-state index contributed by atoms with van der Waals surface area (Å²) in [6.07, 6.45) is -9.62. The standard InChI is InChI=1S/C15H16ClF5N2O2/c16-10-4-3-8(13(17)18)6-11(10)22-14(25)23-5-1-2-9(7-23)12(24)15(19,20)21/h3-4,6,9,12-13,24H,1-2,5,7H2,(H,22,25). The molecule has 2 atom stereocenters. The van der Waals surface area contributed by atoms with Crippen molar-refractivity contribution in [3.05, 3.63) is 28.8 Å². The van der Waals surface area contributed by atoms with Crippen LogP contribution in [0, 0.1) is 5.92 Å². The average Bonchev–Trinajstić information content (AvgIpc) is 2.55. The van der Waals surface area contributed by atoms with E-state index in [4.69, 9.17) is 11.6 Å². The minimum Gasteiger partial charge on any atom is -0.383 e. The van der Waals surface area contributed by atoms with Gasteiger partial charge in [0.2, 0.25) is 0 Å². The number of amides is 2. The summed E-state index contributed by atoms with van der Waals surface area (Å²) in [5, 5.41) is 11.7. The Morgan fingerprint density at radius 3 is 2.64 bits per heavy atom. The van der Waals surface area contributed by atoms with Crippen LogP contribution in [0.1, 0.15) is 24.8 Å². The van der Waals surface area contributed by atoms with Gasteiger partial charge in [-0.3, -0.25) is 0 Å². The Morgan fingerprint density at radius 2 is 2.04 bits per heavy atom. The Morgan fingerprint density at radius 1 is 1.36 bits per heavy atom. The second-order valence-corrected chi connectivity index (χ2v) is 6.21. The van der Waals surface area contributed by atoms with Crippen molar-refractivity contribution < 1.29 is 31.9 Å². The van der Waals surface area contributed by atoms with E-state index in [1.54, 1.807) is 0 Å². The van der Waals surface area contributed by atoms with Crippen LogP contribution in [0.4, 0.5) is 32.4 Å². The molecule has 1 aromatic carbocycles. The first-order valence-electron chi connectivity index (χ1n) is 7.48. The molecule has 1 aromatic rings. The molecular formula is C15H16ClF5N2O2. The number of benzene rings is 1. The predicted molar refractivity (Wildman–Crippen MR) is 81.8 cm³/mol. The normalized spacial score (nSPS) is 19.8. The van der Waals surface area contributed by atoms with Crippen molar-refractivity contribution in [2.24, 2.45) is 5.92 Å². The Balaban J connectivity index is 2.07. The van der Waals surface area contributed by atoms with Gasteiger partial charge in [-0.1, -0.05) is 17.7 Å². The minimum absolute atomic E-state index is 0.0293. The van der Waals surface area contributed by atoms with Crippen LogP contribution < -0.4 is 5.32 Å². The monoisotopic (exact) mass is 386 g/mol. The summed E-state index contributed by atoms with van der Waals surface area (Å²) in [5.41, 5.74) is -0.397. The SMILES string of the molecule is O=C(Nc1cc(C(F)F)ccc1Cl)N1CCCC(C(O)C(F)(F)F)C1. The zero-order valence-electron chi connectivity index (χ0n) is 12.9.